The topological polar surface area (TPSA) is 173 Å². The van der Waals surface area contributed by atoms with E-state index in [2.05, 4.69) is 30.2 Å². The van der Waals surface area contributed by atoms with Gasteiger partial charge in [0.25, 0.3) is 11.8 Å². The minimum absolute atomic E-state index is 0.135. The van der Waals surface area contributed by atoms with E-state index < -0.39 is 51.3 Å². The predicted molar refractivity (Wildman–Crippen MR) is 188 cm³/mol. The molecule has 270 valence electrons. The Labute approximate surface area is 298 Å². The number of fused-ring (bicyclic) bond motifs is 2. The minimum Gasteiger partial charge on any atom is -0.456 e. The van der Waals surface area contributed by atoms with Gasteiger partial charge in [-0.2, -0.15) is 13.5 Å². The van der Waals surface area contributed by atoms with Gasteiger partial charge in [-0.1, -0.05) is 30.3 Å². The standard InChI is InChI=1S/C36H35F2N7O6S/c1-20-23-13-15-28(25(23)12-11-24(20)35(48)51-36(2,3)4)42-34(47)31-17-29(33(46)39-18-21-10-14-26(37)27(38)16-21)41-32-30(19-40-45(31)32)44-52(49,50)43-22-8-6-5-7-9-22/h5-12,14,16-17,19,28,43-44H,13,15,18H2,1-4H3,(H,39,46)(H,42,47)/t28-/m0/s1. The van der Waals surface area contributed by atoms with Crippen LogP contribution in [0.2, 0.25) is 0 Å². The van der Waals surface area contributed by atoms with Gasteiger partial charge in [-0.25, -0.2) is 23.1 Å². The number of esters is 1. The summed E-state index contributed by atoms with van der Waals surface area (Å²) in [6, 6.07) is 15.5. The molecule has 6 rings (SSSR count). The monoisotopic (exact) mass is 731 g/mol. The second-order valence-electron chi connectivity index (χ2n) is 13.2. The first-order valence-corrected chi connectivity index (χ1v) is 17.7. The molecule has 52 heavy (non-hydrogen) atoms. The number of anilines is 2. The number of carbonyl (C=O) groups is 3. The van der Waals surface area contributed by atoms with Crippen LogP contribution in [0.1, 0.15) is 86.8 Å². The molecule has 0 saturated heterocycles. The van der Waals surface area contributed by atoms with E-state index in [1.807, 2.05) is 6.92 Å². The molecular formula is C36H35F2N7O6S. The van der Waals surface area contributed by atoms with Crippen LogP contribution in [0.4, 0.5) is 20.2 Å². The Morgan fingerprint density at radius 2 is 1.71 bits per heavy atom. The molecule has 1 aliphatic rings. The molecule has 4 N–H and O–H groups in total. The van der Waals surface area contributed by atoms with Gasteiger partial charge in [0.05, 0.1) is 23.5 Å². The lowest BCUT2D eigenvalue weighted by Crippen LogP contribution is -2.31. The normalized spacial score (nSPS) is 14.1. The highest BCUT2D eigenvalue weighted by Crippen LogP contribution is 2.35. The van der Waals surface area contributed by atoms with E-state index in [4.69, 9.17) is 4.74 Å². The highest BCUT2D eigenvalue weighted by molar-refractivity contribution is 7.94. The number of aromatic nitrogens is 3. The van der Waals surface area contributed by atoms with Gasteiger partial charge in [0.2, 0.25) is 0 Å². The summed E-state index contributed by atoms with van der Waals surface area (Å²) in [5, 5.41) is 9.76. The number of nitrogens with one attached hydrogen (secondary N) is 4. The first kappa shape index (κ1) is 35.9. The van der Waals surface area contributed by atoms with Crippen molar-refractivity contribution in [2.24, 2.45) is 0 Å². The molecule has 2 heterocycles. The fourth-order valence-corrected chi connectivity index (χ4v) is 6.81. The largest absolute Gasteiger partial charge is 0.456 e. The first-order valence-electron chi connectivity index (χ1n) is 16.2. The van der Waals surface area contributed by atoms with Gasteiger partial charge in [-0.05, 0) is 93.1 Å². The molecule has 13 nitrogen and oxygen atoms in total. The van der Waals surface area contributed by atoms with Gasteiger partial charge in [-0.15, -0.1) is 0 Å². The van der Waals surface area contributed by atoms with Gasteiger partial charge in [0.1, 0.15) is 22.7 Å². The average molecular weight is 732 g/mol. The number of ether oxygens (including phenoxy) is 1. The van der Waals surface area contributed by atoms with Crippen molar-refractivity contribution in [1.82, 2.24) is 25.2 Å². The van der Waals surface area contributed by atoms with E-state index in [0.717, 1.165) is 39.5 Å². The smallest absolute Gasteiger partial charge is 0.338 e. The van der Waals surface area contributed by atoms with Crippen LogP contribution in [0.3, 0.4) is 0 Å². The molecule has 0 fully saturated rings. The van der Waals surface area contributed by atoms with Crippen molar-refractivity contribution in [3.05, 3.63) is 124 Å². The van der Waals surface area contributed by atoms with Crippen molar-refractivity contribution < 1.29 is 36.3 Å². The molecule has 0 bridgehead atoms. The van der Waals surface area contributed by atoms with Crippen LogP contribution >= 0.6 is 0 Å². The Kier molecular flexibility index (Phi) is 9.68. The number of hydrogen-bond donors (Lipinski definition) is 4. The molecule has 3 aromatic carbocycles. The summed E-state index contributed by atoms with van der Waals surface area (Å²) in [5.41, 5.74) is 2.07. The number of carbonyl (C=O) groups excluding carboxylic acids is 3. The highest BCUT2D eigenvalue weighted by atomic mass is 32.2. The maximum absolute atomic E-state index is 14.0. The molecular weight excluding hydrogens is 697 g/mol. The van der Waals surface area contributed by atoms with E-state index in [-0.39, 0.29) is 40.5 Å². The third-order valence-corrected chi connectivity index (χ3v) is 9.25. The molecule has 1 aliphatic carbocycles. The second-order valence-corrected chi connectivity index (χ2v) is 14.6. The number of para-hydroxylation sites is 1. The third-order valence-electron chi connectivity index (χ3n) is 8.26. The fourth-order valence-electron chi connectivity index (χ4n) is 5.88. The van der Waals surface area contributed by atoms with Crippen LogP contribution in [0.15, 0.2) is 72.9 Å². The Morgan fingerprint density at radius 1 is 0.962 bits per heavy atom. The van der Waals surface area contributed by atoms with Crippen molar-refractivity contribution in [1.29, 1.82) is 0 Å². The van der Waals surface area contributed by atoms with Crippen LogP contribution in [-0.4, -0.2) is 46.4 Å². The number of benzene rings is 3. The molecule has 0 spiro atoms. The Bertz CT molecular complexity index is 2330. The SMILES string of the molecule is Cc1c(C(=O)OC(C)(C)C)ccc2c1CC[C@@H]2NC(=O)c1cc(C(=O)NCc2ccc(F)c(F)c2)nc2c(NS(=O)(=O)Nc3ccccc3)cnn12. The van der Waals surface area contributed by atoms with E-state index in [9.17, 15) is 31.6 Å². The Balaban J connectivity index is 1.31. The quantitative estimate of drug-likeness (QED) is 0.139. The van der Waals surface area contributed by atoms with Crippen molar-refractivity contribution >= 4 is 45.0 Å². The zero-order valence-electron chi connectivity index (χ0n) is 28.6. The molecule has 1 atom stereocenters. The van der Waals surface area contributed by atoms with E-state index in [0.29, 0.717) is 18.4 Å². The van der Waals surface area contributed by atoms with Crippen molar-refractivity contribution in [3.63, 3.8) is 0 Å². The van der Waals surface area contributed by atoms with Crippen LogP contribution in [0.25, 0.3) is 5.65 Å². The van der Waals surface area contributed by atoms with Crippen LogP contribution in [0.5, 0.6) is 0 Å². The number of halogens is 2. The predicted octanol–water partition coefficient (Wildman–Crippen LogP) is 5.39. The van der Waals surface area contributed by atoms with Crippen molar-refractivity contribution in [2.45, 2.75) is 58.7 Å². The molecule has 0 aliphatic heterocycles. The molecule has 2 aromatic heterocycles. The van der Waals surface area contributed by atoms with Gasteiger partial charge in [0, 0.05) is 12.6 Å². The molecule has 2 amide bonds. The Hall–Kier alpha value is -5.90. The summed E-state index contributed by atoms with van der Waals surface area (Å²) in [5.74, 6) is -4.00. The molecule has 0 unspecified atom stereocenters. The maximum atomic E-state index is 14.0. The molecule has 0 saturated carbocycles. The summed E-state index contributed by atoms with van der Waals surface area (Å²) in [7, 11) is -4.24. The summed E-state index contributed by atoms with van der Waals surface area (Å²) in [6.07, 6.45) is 2.25. The molecule has 0 radical (unpaired) electrons. The number of amides is 2. The number of rotatable bonds is 10. The summed E-state index contributed by atoms with van der Waals surface area (Å²) in [4.78, 5) is 44.5. The van der Waals surface area contributed by atoms with E-state index in [1.165, 1.54) is 12.1 Å². The number of hydrogen-bond acceptors (Lipinski definition) is 8. The summed E-state index contributed by atoms with van der Waals surface area (Å²) < 4.78 is 64.7. The lowest BCUT2D eigenvalue weighted by Gasteiger charge is -2.21. The zero-order valence-corrected chi connectivity index (χ0v) is 29.4. The third kappa shape index (κ3) is 7.86. The molecule has 16 heteroatoms. The van der Waals surface area contributed by atoms with Crippen LogP contribution < -0.4 is 20.1 Å². The van der Waals surface area contributed by atoms with Gasteiger partial charge in [-0.3, -0.25) is 19.0 Å². The highest BCUT2D eigenvalue weighted by Gasteiger charge is 2.30. The lowest BCUT2D eigenvalue weighted by atomic mass is 9.97. The summed E-state index contributed by atoms with van der Waals surface area (Å²) >= 11 is 0. The van der Waals surface area contributed by atoms with E-state index >= 15 is 0 Å². The average Bonchev–Trinajstić information content (AvgIpc) is 3.68. The Morgan fingerprint density at radius 3 is 2.42 bits per heavy atom. The minimum atomic E-state index is -4.24. The first-order chi connectivity index (χ1) is 24.6. The zero-order chi connectivity index (χ0) is 37.4. The lowest BCUT2D eigenvalue weighted by molar-refractivity contribution is 0.00683. The fraction of sp³-hybridized carbons (Fsp3) is 0.250. The second kappa shape index (κ2) is 14.0. The van der Waals surface area contributed by atoms with Crippen molar-refractivity contribution in [3.8, 4) is 0 Å². The number of nitrogens with zero attached hydrogens (tertiary/aromatic N) is 3. The maximum Gasteiger partial charge on any atom is 0.338 e. The van der Waals surface area contributed by atoms with E-state index in [1.54, 1.807) is 63.2 Å². The van der Waals surface area contributed by atoms with Gasteiger partial charge >= 0.3 is 16.2 Å². The van der Waals surface area contributed by atoms with Crippen LogP contribution in [0, 0.1) is 18.6 Å². The van der Waals surface area contributed by atoms with Crippen molar-refractivity contribution in [2.75, 3.05) is 9.44 Å². The molecule has 5 aromatic rings. The van der Waals surface area contributed by atoms with Crippen LogP contribution in [-0.2, 0) is 27.9 Å². The van der Waals surface area contributed by atoms with Gasteiger partial charge < -0.3 is 15.4 Å². The van der Waals surface area contributed by atoms with Gasteiger partial charge in [0.15, 0.2) is 17.3 Å². The summed E-state index contributed by atoms with van der Waals surface area (Å²) in [6.45, 7) is 6.99.